The molecule has 1 atom stereocenters. The fourth-order valence-electron chi connectivity index (χ4n) is 1.81. The Bertz CT molecular complexity index is 642. The number of carbonyl (C=O) groups is 1. The number of aromatic amines is 1. The number of imidazole rings is 1. The Hall–Kier alpha value is -2.34. The molecule has 0 radical (unpaired) electrons. The molecular formula is C16H20N2O4. The summed E-state index contributed by atoms with van der Waals surface area (Å²) in [5, 5.41) is 10.3. The van der Waals surface area contributed by atoms with Crippen molar-refractivity contribution in [3.63, 3.8) is 0 Å². The smallest absolute Gasteiger partial charge is 0.379 e. The van der Waals surface area contributed by atoms with E-state index in [2.05, 4.69) is 9.97 Å². The van der Waals surface area contributed by atoms with E-state index in [9.17, 15) is 9.90 Å². The molecule has 1 aromatic heterocycles. The third-order valence-corrected chi connectivity index (χ3v) is 2.76. The van der Waals surface area contributed by atoms with Gasteiger partial charge in [-0.3, -0.25) is 0 Å². The molecule has 0 aliphatic heterocycles. The van der Waals surface area contributed by atoms with Crippen LogP contribution in [0.5, 0.6) is 5.75 Å². The molecule has 1 unspecified atom stereocenters. The van der Waals surface area contributed by atoms with Crippen molar-refractivity contribution in [1.29, 1.82) is 0 Å². The SMILES string of the molecule is CC(C)(C)OC(=O)C(C)(O)Oc1ccccc1-c1cnc[nH]1. The second-order valence-electron chi connectivity index (χ2n) is 6.05. The van der Waals surface area contributed by atoms with Gasteiger partial charge in [-0.1, -0.05) is 12.1 Å². The van der Waals surface area contributed by atoms with Crippen LogP contribution in [0, 0.1) is 0 Å². The fourth-order valence-corrected chi connectivity index (χ4v) is 1.81. The summed E-state index contributed by atoms with van der Waals surface area (Å²) in [7, 11) is 0. The highest BCUT2D eigenvalue weighted by Crippen LogP contribution is 2.31. The maximum absolute atomic E-state index is 12.1. The molecule has 22 heavy (non-hydrogen) atoms. The number of aliphatic hydroxyl groups is 1. The van der Waals surface area contributed by atoms with Crippen molar-refractivity contribution < 1.29 is 19.4 Å². The van der Waals surface area contributed by atoms with Crippen molar-refractivity contribution in [3.05, 3.63) is 36.8 Å². The van der Waals surface area contributed by atoms with Crippen LogP contribution in [0.3, 0.4) is 0 Å². The Morgan fingerprint density at radius 3 is 2.50 bits per heavy atom. The lowest BCUT2D eigenvalue weighted by atomic mass is 10.1. The van der Waals surface area contributed by atoms with Crippen LogP contribution < -0.4 is 4.74 Å². The molecule has 2 N–H and O–H groups in total. The van der Waals surface area contributed by atoms with Gasteiger partial charge >= 0.3 is 11.8 Å². The number of ether oxygens (including phenoxy) is 2. The molecule has 0 saturated carbocycles. The number of esters is 1. The molecule has 0 bridgehead atoms. The molecule has 0 saturated heterocycles. The van der Waals surface area contributed by atoms with E-state index < -0.39 is 17.4 Å². The highest BCUT2D eigenvalue weighted by molar-refractivity contribution is 5.78. The molecule has 0 aliphatic carbocycles. The highest BCUT2D eigenvalue weighted by atomic mass is 16.7. The Morgan fingerprint density at radius 1 is 1.23 bits per heavy atom. The first-order valence-electron chi connectivity index (χ1n) is 6.92. The van der Waals surface area contributed by atoms with Gasteiger partial charge in [-0.25, -0.2) is 9.78 Å². The van der Waals surface area contributed by atoms with Gasteiger partial charge in [0, 0.05) is 12.5 Å². The quantitative estimate of drug-likeness (QED) is 0.669. The summed E-state index contributed by atoms with van der Waals surface area (Å²) in [4.78, 5) is 19.0. The molecule has 2 aromatic rings. The summed E-state index contributed by atoms with van der Waals surface area (Å²) in [6.07, 6.45) is 3.17. The Balaban J connectivity index is 2.25. The lowest BCUT2D eigenvalue weighted by molar-refractivity contribution is -0.205. The lowest BCUT2D eigenvalue weighted by Gasteiger charge is -2.28. The average molecular weight is 304 g/mol. The second kappa shape index (κ2) is 5.81. The van der Waals surface area contributed by atoms with Crippen LogP contribution in [0.15, 0.2) is 36.8 Å². The molecule has 0 amide bonds. The van der Waals surface area contributed by atoms with Crippen molar-refractivity contribution in [1.82, 2.24) is 9.97 Å². The third kappa shape index (κ3) is 3.85. The number of rotatable bonds is 4. The molecule has 1 aromatic carbocycles. The first kappa shape index (κ1) is 16.0. The van der Waals surface area contributed by atoms with Gasteiger partial charge in [0.15, 0.2) is 0 Å². The average Bonchev–Trinajstić information content (AvgIpc) is 2.90. The summed E-state index contributed by atoms with van der Waals surface area (Å²) in [5.41, 5.74) is 0.687. The number of H-pyrrole nitrogens is 1. The number of nitrogens with zero attached hydrogens (tertiary/aromatic N) is 1. The summed E-state index contributed by atoms with van der Waals surface area (Å²) in [5.74, 6) is -2.59. The van der Waals surface area contributed by atoms with Crippen LogP contribution in [0.25, 0.3) is 11.3 Å². The minimum atomic E-state index is -2.09. The Labute approximate surface area is 129 Å². The van der Waals surface area contributed by atoms with Crippen molar-refractivity contribution in [2.75, 3.05) is 0 Å². The minimum Gasteiger partial charge on any atom is -0.455 e. The number of para-hydroxylation sites is 1. The maximum Gasteiger partial charge on any atom is 0.379 e. The summed E-state index contributed by atoms with van der Waals surface area (Å²) < 4.78 is 10.7. The predicted octanol–water partition coefficient (Wildman–Crippen LogP) is 2.51. The van der Waals surface area contributed by atoms with E-state index in [1.807, 2.05) is 6.07 Å². The number of benzene rings is 1. The van der Waals surface area contributed by atoms with Crippen molar-refractivity contribution in [3.8, 4) is 17.0 Å². The van der Waals surface area contributed by atoms with E-state index in [0.29, 0.717) is 11.3 Å². The molecule has 0 fully saturated rings. The zero-order valence-corrected chi connectivity index (χ0v) is 13.1. The van der Waals surface area contributed by atoms with Gasteiger partial charge in [0.05, 0.1) is 18.2 Å². The van der Waals surface area contributed by atoms with Crippen LogP contribution in [-0.4, -0.2) is 32.4 Å². The predicted molar refractivity (Wildman–Crippen MR) is 81.1 cm³/mol. The van der Waals surface area contributed by atoms with E-state index in [4.69, 9.17) is 9.47 Å². The van der Waals surface area contributed by atoms with E-state index in [-0.39, 0.29) is 0 Å². The van der Waals surface area contributed by atoms with E-state index in [1.54, 1.807) is 45.2 Å². The van der Waals surface area contributed by atoms with Crippen molar-refractivity contribution >= 4 is 5.97 Å². The standard InChI is InChI=1S/C16H20N2O4/c1-15(2,3)22-14(19)16(4,20)21-13-8-6-5-7-11(13)12-9-17-10-18-12/h5-10,20H,1-4H3,(H,17,18). The molecular weight excluding hydrogens is 284 g/mol. The molecule has 1 heterocycles. The normalized spacial score (nSPS) is 14.2. The zero-order valence-electron chi connectivity index (χ0n) is 13.1. The Kier molecular flexibility index (Phi) is 4.23. The van der Waals surface area contributed by atoms with Crippen LogP contribution >= 0.6 is 0 Å². The lowest BCUT2D eigenvalue weighted by Crippen LogP contribution is -2.45. The number of nitrogens with one attached hydrogen (secondary N) is 1. The van der Waals surface area contributed by atoms with Gasteiger partial charge in [-0.2, -0.15) is 0 Å². The molecule has 118 valence electrons. The summed E-state index contributed by atoms with van der Waals surface area (Å²) >= 11 is 0. The van der Waals surface area contributed by atoms with E-state index >= 15 is 0 Å². The topological polar surface area (TPSA) is 84.4 Å². The van der Waals surface area contributed by atoms with E-state index in [1.165, 1.54) is 13.3 Å². The number of aromatic nitrogens is 2. The largest absolute Gasteiger partial charge is 0.455 e. The van der Waals surface area contributed by atoms with Gasteiger partial charge in [0.1, 0.15) is 11.4 Å². The van der Waals surface area contributed by atoms with Crippen molar-refractivity contribution in [2.24, 2.45) is 0 Å². The maximum atomic E-state index is 12.1. The van der Waals surface area contributed by atoms with Gasteiger partial charge in [-0.15, -0.1) is 0 Å². The zero-order chi connectivity index (χ0) is 16.4. The van der Waals surface area contributed by atoms with Crippen molar-refractivity contribution in [2.45, 2.75) is 39.1 Å². The fraction of sp³-hybridized carbons (Fsp3) is 0.375. The molecule has 6 nitrogen and oxygen atoms in total. The number of hydrogen-bond donors (Lipinski definition) is 2. The summed E-state index contributed by atoms with van der Waals surface area (Å²) in [6, 6.07) is 7.04. The minimum absolute atomic E-state index is 0.350. The van der Waals surface area contributed by atoms with Crippen LogP contribution in [0.2, 0.25) is 0 Å². The van der Waals surface area contributed by atoms with Crippen LogP contribution in [-0.2, 0) is 9.53 Å². The Morgan fingerprint density at radius 2 is 1.91 bits per heavy atom. The van der Waals surface area contributed by atoms with Crippen LogP contribution in [0.4, 0.5) is 0 Å². The number of carbonyl (C=O) groups excluding carboxylic acids is 1. The van der Waals surface area contributed by atoms with E-state index in [0.717, 1.165) is 5.69 Å². The second-order valence-corrected chi connectivity index (χ2v) is 6.05. The monoisotopic (exact) mass is 304 g/mol. The first-order chi connectivity index (χ1) is 10.2. The third-order valence-electron chi connectivity index (χ3n) is 2.76. The number of hydrogen-bond acceptors (Lipinski definition) is 5. The van der Waals surface area contributed by atoms with Gasteiger partial charge < -0.3 is 19.6 Å². The highest BCUT2D eigenvalue weighted by Gasteiger charge is 2.38. The van der Waals surface area contributed by atoms with Crippen LogP contribution in [0.1, 0.15) is 27.7 Å². The van der Waals surface area contributed by atoms with Gasteiger partial charge in [-0.05, 0) is 32.9 Å². The molecule has 6 heteroatoms. The van der Waals surface area contributed by atoms with Gasteiger partial charge in [0.25, 0.3) is 0 Å². The summed E-state index contributed by atoms with van der Waals surface area (Å²) in [6.45, 7) is 6.42. The van der Waals surface area contributed by atoms with Gasteiger partial charge in [0.2, 0.25) is 0 Å². The molecule has 0 aliphatic rings. The first-order valence-corrected chi connectivity index (χ1v) is 6.92. The molecule has 2 rings (SSSR count). The molecule has 0 spiro atoms.